The summed E-state index contributed by atoms with van der Waals surface area (Å²) in [5.74, 6) is 0.856. The van der Waals surface area contributed by atoms with Crippen molar-refractivity contribution in [3.05, 3.63) is 12.2 Å². The van der Waals surface area contributed by atoms with E-state index < -0.39 is 0 Å². The summed E-state index contributed by atoms with van der Waals surface area (Å²) in [5.41, 5.74) is 0. The van der Waals surface area contributed by atoms with Gasteiger partial charge in [-0.1, -0.05) is 51.9 Å². The van der Waals surface area contributed by atoms with Gasteiger partial charge >= 0.3 is 0 Å². The first-order chi connectivity index (χ1) is 8.86. The first kappa shape index (κ1) is 15.1. The molecule has 0 spiro atoms. The van der Waals surface area contributed by atoms with E-state index in [0.29, 0.717) is 6.54 Å². The molecule has 0 bridgehead atoms. The zero-order chi connectivity index (χ0) is 13.1. The van der Waals surface area contributed by atoms with E-state index in [1.807, 2.05) is 0 Å². The lowest BCUT2D eigenvalue weighted by Crippen LogP contribution is -2.00. The number of hydrogen-bond acceptors (Lipinski definition) is 2. The van der Waals surface area contributed by atoms with Gasteiger partial charge in [-0.2, -0.15) is 5.10 Å². The Balaban J connectivity index is 1.96. The average molecular weight is 255 g/mol. The predicted octanol–water partition coefficient (Wildman–Crippen LogP) is 3.93. The van der Waals surface area contributed by atoms with Gasteiger partial charge in [0, 0.05) is 6.42 Å². The van der Waals surface area contributed by atoms with Gasteiger partial charge in [-0.05, 0) is 6.42 Å². The van der Waals surface area contributed by atoms with Crippen molar-refractivity contribution in [1.29, 1.82) is 0 Å². The monoisotopic (exact) mass is 255 g/mol. The molecule has 1 aromatic rings. The molecule has 0 aliphatic carbocycles. The third kappa shape index (κ3) is 6.72. The van der Waals surface area contributed by atoms with Gasteiger partial charge < -0.3 is 0 Å². The van der Waals surface area contributed by atoms with Crippen LogP contribution in [0.3, 0.4) is 0 Å². The summed E-state index contributed by atoms with van der Waals surface area (Å²) in [6.07, 6.45) is 13.1. The summed E-state index contributed by atoms with van der Waals surface area (Å²) in [7, 11) is 0. The Bertz CT molecular complexity index is 299. The quantitative estimate of drug-likeness (QED) is 0.561. The van der Waals surface area contributed by atoms with Crippen LogP contribution in [0, 0.1) is 0 Å². The van der Waals surface area contributed by atoms with Crippen LogP contribution in [0.1, 0.15) is 64.1 Å². The summed E-state index contributed by atoms with van der Waals surface area (Å²) in [6, 6.07) is 0. The smallest absolute Gasteiger partial charge is 0.150 e. The fourth-order valence-corrected chi connectivity index (χ4v) is 2.06. The first-order valence-corrected chi connectivity index (χ1v) is 7.31. The maximum Gasteiger partial charge on any atom is 0.150 e. The molecule has 0 unspecified atom stereocenters. The molecule has 0 fully saturated rings. The molecule has 0 aliphatic rings. The summed E-state index contributed by atoms with van der Waals surface area (Å²) in [5, 5.41) is 4.22. The van der Waals surface area contributed by atoms with E-state index >= 15 is 0 Å². The Labute approximate surface area is 110 Å². The molecular formula is C14H26FN3. The number of halogens is 1. The minimum absolute atomic E-state index is 0.324. The maximum atomic E-state index is 12.1. The first-order valence-electron chi connectivity index (χ1n) is 7.31. The van der Waals surface area contributed by atoms with Crippen LogP contribution in [0.2, 0.25) is 0 Å². The molecule has 0 saturated carbocycles. The number of aryl methyl sites for hydroxylation is 2. The molecule has 3 nitrogen and oxygen atoms in total. The van der Waals surface area contributed by atoms with Crippen LogP contribution >= 0.6 is 0 Å². The van der Waals surface area contributed by atoms with E-state index in [1.54, 1.807) is 11.0 Å². The Morgan fingerprint density at radius 3 is 2.39 bits per heavy atom. The van der Waals surface area contributed by atoms with Crippen molar-refractivity contribution in [2.45, 2.75) is 71.3 Å². The fraction of sp³-hybridized carbons (Fsp3) is 0.857. The van der Waals surface area contributed by atoms with Crippen LogP contribution in [-0.4, -0.2) is 21.4 Å². The molecule has 0 aromatic carbocycles. The second-order valence-corrected chi connectivity index (χ2v) is 4.84. The van der Waals surface area contributed by atoms with Gasteiger partial charge in [0.1, 0.15) is 13.0 Å². The van der Waals surface area contributed by atoms with Crippen molar-refractivity contribution in [3.8, 4) is 0 Å². The highest BCUT2D eigenvalue weighted by Crippen LogP contribution is 2.09. The normalized spacial score (nSPS) is 11.0. The van der Waals surface area contributed by atoms with E-state index in [9.17, 15) is 4.39 Å². The van der Waals surface area contributed by atoms with E-state index in [4.69, 9.17) is 0 Å². The molecule has 4 heteroatoms. The number of hydrogen-bond donors (Lipinski definition) is 0. The highest BCUT2D eigenvalue weighted by atomic mass is 19.1. The van der Waals surface area contributed by atoms with Gasteiger partial charge in [-0.15, -0.1) is 0 Å². The Morgan fingerprint density at radius 2 is 1.72 bits per heavy atom. The molecule has 0 radical (unpaired) electrons. The minimum atomic E-state index is -0.374. The molecular weight excluding hydrogens is 229 g/mol. The molecule has 1 aromatic heterocycles. The molecule has 104 valence electrons. The third-order valence-corrected chi connectivity index (χ3v) is 3.15. The zero-order valence-electron chi connectivity index (χ0n) is 11.6. The summed E-state index contributed by atoms with van der Waals surface area (Å²) >= 11 is 0. The standard InChI is InChI=1S/C14H26FN3/c1-2-3-4-5-6-7-8-9-10-14-16-13-18(17-14)12-11-15/h13H,2-12H2,1H3. The fourth-order valence-electron chi connectivity index (χ4n) is 2.06. The molecule has 0 atom stereocenters. The van der Waals surface area contributed by atoms with Crippen LogP contribution in [0.5, 0.6) is 0 Å². The lowest BCUT2D eigenvalue weighted by Gasteiger charge is -2.00. The molecule has 0 saturated heterocycles. The lowest BCUT2D eigenvalue weighted by molar-refractivity contribution is 0.425. The molecule has 18 heavy (non-hydrogen) atoms. The summed E-state index contributed by atoms with van der Waals surface area (Å²) in [6.45, 7) is 2.19. The van der Waals surface area contributed by atoms with Crippen LogP contribution in [0.4, 0.5) is 4.39 Å². The van der Waals surface area contributed by atoms with Crippen LogP contribution in [0.25, 0.3) is 0 Å². The van der Waals surface area contributed by atoms with Crippen molar-refractivity contribution in [2.24, 2.45) is 0 Å². The van der Waals surface area contributed by atoms with Crippen LogP contribution in [-0.2, 0) is 13.0 Å². The van der Waals surface area contributed by atoms with E-state index in [1.165, 1.54) is 44.9 Å². The molecule has 0 amide bonds. The van der Waals surface area contributed by atoms with Crippen LogP contribution < -0.4 is 0 Å². The van der Waals surface area contributed by atoms with Gasteiger partial charge in [-0.3, -0.25) is 4.68 Å². The van der Waals surface area contributed by atoms with E-state index in [2.05, 4.69) is 17.0 Å². The predicted molar refractivity (Wildman–Crippen MR) is 72.3 cm³/mol. The Kier molecular flexibility index (Phi) is 8.43. The lowest BCUT2D eigenvalue weighted by atomic mass is 10.1. The second-order valence-electron chi connectivity index (χ2n) is 4.84. The van der Waals surface area contributed by atoms with Gasteiger partial charge in [0.05, 0.1) is 6.54 Å². The number of unbranched alkanes of at least 4 members (excludes halogenated alkanes) is 7. The highest BCUT2D eigenvalue weighted by molar-refractivity contribution is 4.81. The van der Waals surface area contributed by atoms with E-state index in [0.717, 1.165) is 18.7 Å². The third-order valence-electron chi connectivity index (χ3n) is 3.15. The number of nitrogens with zero attached hydrogens (tertiary/aromatic N) is 3. The van der Waals surface area contributed by atoms with Crippen molar-refractivity contribution in [2.75, 3.05) is 6.67 Å². The summed E-state index contributed by atoms with van der Waals surface area (Å²) in [4.78, 5) is 4.18. The largest absolute Gasteiger partial charge is 0.250 e. The average Bonchev–Trinajstić information content (AvgIpc) is 2.81. The van der Waals surface area contributed by atoms with E-state index in [-0.39, 0.29) is 6.67 Å². The van der Waals surface area contributed by atoms with Crippen molar-refractivity contribution in [1.82, 2.24) is 14.8 Å². The zero-order valence-corrected chi connectivity index (χ0v) is 11.6. The topological polar surface area (TPSA) is 30.7 Å². The molecule has 1 heterocycles. The molecule has 1 rings (SSSR count). The Hall–Kier alpha value is -0.930. The van der Waals surface area contributed by atoms with Gasteiger partial charge in [0.25, 0.3) is 0 Å². The Morgan fingerprint density at radius 1 is 1.06 bits per heavy atom. The number of aromatic nitrogens is 3. The van der Waals surface area contributed by atoms with Gasteiger partial charge in [-0.25, -0.2) is 9.37 Å². The van der Waals surface area contributed by atoms with Crippen molar-refractivity contribution < 1.29 is 4.39 Å². The van der Waals surface area contributed by atoms with Crippen molar-refractivity contribution >= 4 is 0 Å². The summed E-state index contributed by atoms with van der Waals surface area (Å²) < 4.78 is 13.7. The minimum Gasteiger partial charge on any atom is -0.250 e. The number of alkyl halides is 1. The highest BCUT2D eigenvalue weighted by Gasteiger charge is 2.00. The van der Waals surface area contributed by atoms with Gasteiger partial charge in [0.2, 0.25) is 0 Å². The SMILES string of the molecule is CCCCCCCCCCc1ncn(CCF)n1. The number of rotatable bonds is 11. The molecule has 0 aliphatic heterocycles. The maximum absolute atomic E-state index is 12.1. The van der Waals surface area contributed by atoms with Crippen molar-refractivity contribution in [3.63, 3.8) is 0 Å². The van der Waals surface area contributed by atoms with Crippen LogP contribution in [0.15, 0.2) is 6.33 Å². The van der Waals surface area contributed by atoms with Gasteiger partial charge in [0.15, 0.2) is 5.82 Å². The molecule has 0 N–H and O–H groups in total. The second kappa shape index (κ2) is 10.0.